The van der Waals surface area contributed by atoms with Crippen LogP contribution in [0.4, 0.5) is 0 Å². The van der Waals surface area contributed by atoms with Gasteiger partial charge in [0.1, 0.15) is 5.76 Å². The van der Waals surface area contributed by atoms with Gasteiger partial charge in [0, 0.05) is 17.8 Å². The molecule has 0 spiro atoms. The SMILES string of the molecule is CC1(CC2CCCC2)C(O)=C2C=CC(=O)CC2C1Cl. The van der Waals surface area contributed by atoms with E-state index in [0.717, 1.165) is 12.0 Å². The van der Waals surface area contributed by atoms with Crippen molar-refractivity contribution in [1.82, 2.24) is 0 Å². The number of rotatable bonds is 2. The fourth-order valence-corrected chi connectivity index (χ4v) is 4.56. The molecule has 0 bridgehead atoms. The van der Waals surface area contributed by atoms with E-state index in [1.165, 1.54) is 25.7 Å². The lowest BCUT2D eigenvalue weighted by Gasteiger charge is -2.33. The van der Waals surface area contributed by atoms with Gasteiger partial charge >= 0.3 is 0 Å². The van der Waals surface area contributed by atoms with Gasteiger partial charge in [0.2, 0.25) is 0 Å². The lowest BCUT2D eigenvalue weighted by atomic mass is 9.76. The zero-order valence-corrected chi connectivity index (χ0v) is 12.1. The van der Waals surface area contributed by atoms with E-state index in [9.17, 15) is 9.90 Å². The van der Waals surface area contributed by atoms with Crippen molar-refractivity contribution >= 4 is 17.4 Å². The Hall–Kier alpha value is -0.760. The molecule has 0 amide bonds. The van der Waals surface area contributed by atoms with Crippen molar-refractivity contribution in [2.75, 3.05) is 0 Å². The first-order valence-corrected chi connectivity index (χ1v) is 7.74. The van der Waals surface area contributed by atoms with Gasteiger partial charge in [-0.15, -0.1) is 11.6 Å². The summed E-state index contributed by atoms with van der Waals surface area (Å²) in [4.78, 5) is 11.6. The molecule has 3 heteroatoms. The van der Waals surface area contributed by atoms with Crippen molar-refractivity contribution in [3.8, 4) is 0 Å². The normalized spacial score (nSPS) is 39.2. The van der Waals surface area contributed by atoms with Gasteiger partial charge in [0.15, 0.2) is 5.78 Å². The molecule has 1 N–H and O–H groups in total. The average Bonchev–Trinajstić information content (AvgIpc) is 2.94. The van der Waals surface area contributed by atoms with Crippen LogP contribution in [0.1, 0.15) is 45.4 Å². The summed E-state index contributed by atoms with van der Waals surface area (Å²) >= 11 is 6.64. The standard InChI is InChI=1S/C16H21ClO2/c1-16(9-10-4-2-3-5-10)14(17)13-8-11(18)6-7-12(13)15(16)19/h6-7,10,13-14,19H,2-5,8-9H2,1H3. The summed E-state index contributed by atoms with van der Waals surface area (Å²) in [6, 6.07) is 0. The maximum atomic E-state index is 11.6. The van der Waals surface area contributed by atoms with Gasteiger partial charge in [0.05, 0.1) is 5.38 Å². The summed E-state index contributed by atoms with van der Waals surface area (Å²) in [5, 5.41) is 10.4. The molecular formula is C16H21ClO2. The van der Waals surface area contributed by atoms with Gasteiger partial charge in [-0.3, -0.25) is 4.79 Å². The average molecular weight is 281 g/mol. The van der Waals surface area contributed by atoms with E-state index in [2.05, 4.69) is 6.92 Å². The minimum absolute atomic E-state index is 0.00516. The predicted octanol–water partition coefficient (Wildman–Crippen LogP) is 4.15. The third-order valence-corrected chi connectivity index (χ3v) is 6.02. The topological polar surface area (TPSA) is 37.3 Å². The Morgan fingerprint density at radius 1 is 1.37 bits per heavy atom. The molecular weight excluding hydrogens is 260 g/mol. The van der Waals surface area contributed by atoms with Crippen LogP contribution in [0.15, 0.2) is 23.5 Å². The minimum atomic E-state index is -0.356. The van der Waals surface area contributed by atoms with Gasteiger partial charge in [-0.1, -0.05) is 38.7 Å². The second kappa shape index (κ2) is 4.66. The summed E-state index contributed by atoms with van der Waals surface area (Å²) < 4.78 is 0. The first-order valence-electron chi connectivity index (χ1n) is 7.31. The lowest BCUT2D eigenvalue weighted by molar-refractivity contribution is -0.115. The maximum absolute atomic E-state index is 11.6. The molecule has 0 heterocycles. The van der Waals surface area contributed by atoms with Gasteiger partial charge < -0.3 is 5.11 Å². The first kappa shape index (κ1) is 13.2. The summed E-state index contributed by atoms with van der Waals surface area (Å²) in [7, 11) is 0. The van der Waals surface area contributed by atoms with Crippen LogP contribution >= 0.6 is 11.6 Å². The number of hydrogen-bond acceptors (Lipinski definition) is 2. The van der Waals surface area contributed by atoms with Gasteiger partial charge in [-0.25, -0.2) is 0 Å². The van der Waals surface area contributed by atoms with Crippen molar-refractivity contribution in [3.05, 3.63) is 23.5 Å². The number of aliphatic hydroxyl groups is 1. The monoisotopic (exact) mass is 280 g/mol. The van der Waals surface area contributed by atoms with Crippen molar-refractivity contribution in [2.45, 2.75) is 50.8 Å². The molecule has 3 aliphatic rings. The largest absolute Gasteiger partial charge is 0.511 e. The molecule has 3 unspecified atom stereocenters. The summed E-state index contributed by atoms with van der Waals surface area (Å²) in [6.45, 7) is 2.07. The Morgan fingerprint density at radius 3 is 2.74 bits per heavy atom. The van der Waals surface area contributed by atoms with Crippen LogP contribution in [0.5, 0.6) is 0 Å². The van der Waals surface area contributed by atoms with Gasteiger partial charge in [-0.2, -0.15) is 0 Å². The Morgan fingerprint density at radius 2 is 2.05 bits per heavy atom. The van der Waals surface area contributed by atoms with Crippen LogP contribution in [0, 0.1) is 17.3 Å². The number of alkyl halides is 1. The van der Waals surface area contributed by atoms with Crippen LogP contribution in [-0.2, 0) is 4.79 Å². The van der Waals surface area contributed by atoms with Crippen LogP contribution in [-0.4, -0.2) is 16.3 Å². The van der Waals surface area contributed by atoms with E-state index >= 15 is 0 Å². The number of carbonyl (C=O) groups excluding carboxylic acids is 1. The Kier molecular flexibility index (Phi) is 3.24. The number of carbonyl (C=O) groups is 1. The molecule has 3 rings (SSSR count). The number of fused-ring (bicyclic) bond motifs is 1. The van der Waals surface area contributed by atoms with Crippen LogP contribution in [0.2, 0.25) is 0 Å². The molecule has 0 aliphatic heterocycles. The molecule has 1 saturated carbocycles. The molecule has 104 valence electrons. The molecule has 0 radical (unpaired) electrons. The van der Waals surface area contributed by atoms with Crippen molar-refractivity contribution in [1.29, 1.82) is 0 Å². The van der Waals surface area contributed by atoms with E-state index in [1.807, 2.05) is 0 Å². The molecule has 2 nitrogen and oxygen atoms in total. The number of halogens is 1. The zero-order valence-electron chi connectivity index (χ0n) is 11.4. The highest BCUT2D eigenvalue weighted by molar-refractivity contribution is 6.22. The molecule has 3 aliphatic carbocycles. The van der Waals surface area contributed by atoms with E-state index in [4.69, 9.17) is 11.6 Å². The van der Waals surface area contributed by atoms with Crippen LogP contribution in [0.3, 0.4) is 0 Å². The first-order chi connectivity index (χ1) is 9.02. The third-order valence-electron chi connectivity index (χ3n) is 5.23. The second-order valence-electron chi connectivity index (χ2n) is 6.59. The summed E-state index contributed by atoms with van der Waals surface area (Å²) in [5.41, 5.74) is 0.547. The molecule has 1 fully saturated rings. The van der Waals surface area contributed by atoms with Crippen LogP contribution in [0.25, 0.3) is 0 Å². The van der Waals surface area contributed by atoms with Crippen molar-refractivity contribution in [2.24, 2.45) is 17.3 Å². The number of ketones is 1. The third kappa shape index (κ3) is 2.05. The highest BCUT2D eigenvalue weighted by Crippen LogP contribution is 2.55. The molecule has 3 atom stereocenters. The Bertz CT molecular complexity index is 459. The number of allylic oxidation sites excluding steroid dienone is 4. The molecule has 19 heavy (non-hydrogen) atoms. The van der Waals surface area contributed by atoms with E-state index < -0.39 is 0 Å². The van der Waals surface area contributed by atoms with Crippen molar-refractivity contribution < 1.29 is 9.90 Å². The zero-order chi connectivity index (χ0) is 13.6. The highest BCUT2D eigenvalue weighted by Gasteiger charge is 2.51. The Balaban J connectivity index is 1.88. The highest BCUT2D eigenvalue weighted by atomic mass is 35.5. The van der Waals surface area contributed by atoms with E-state index in [0.29, 0.717) is 18.1 Å². The number of hydrogen-bond donors (Lipinski definition) is 1. The fourth-order valence-electron chi connectivity index (χ4n) is 4.14. The molecule has 0 aromatic carbocycles. The van der Waals surface area contributed by atoms with Crippen LogP contribution < -0.4 is 0 Å². The minimum Gasteiger partial charge on any atom is -0.511 e. The summed E-state index contributed by atoms with van der Waals surface area (Å²) in [6.07, 6.45) is 9.86. The van der Waals surface area contributed by atoms with Gasteiger partial charge in [-0.05, 0) is 24.0 Å². The quantitative estimate of drug-likeness (QED) is 0.772. The van der Waals surface area contributed by atoms with E-state index in [-0.39, 0.29) is 22.5 Å². The number of aliphatic hydroxyl groups excluding tert-OH is 1. The van der Waals surface area contributed by atoms with Crippen molar-refractivity contribution in [3.63, 3.8) is 0 Å². The lowest BCUT2D eigenvalue weighted by Crippen LogP contribution is -2.32. The Labute approximate surface area is 119 Å². The van der Waals surface area contributed by atoms with Gasteiger partial charge in [0.25, 0.3) is 0 Å². The second-order valence-corrected chi connectivity index (χ2v) is 7.06. The molecule has 0 saturated heterocycles. The molecule has 0 aromatic rings. The molecule has 0 aromatic heterocycles. The fraction of sp³-hybridized carbons (Fsp3) is 0.688. The predicted molar refractivity (Wildman–Crippen MR) is 76.2 cm³/mol. The van der Waals surface area contributed by atoms with E-state index in [1.54, 1.807) is 12.2 Å². The maximum Gasteiger partial charge on any atom is 0.156 e. The summed E-state index contributed by atoms with van der Waals surface area (Å²) in [5.74, 6) is 1.24. The smallest absolute Gasteiger partial charge is 0.156 e.